The van der Waals surface area contributed by atoms with Gasteiger partial charge in [-0.05, 0) is 20.3 Å². The highest BCUT2D eigenvalue weighted by Crippen LogP contribution is 2.10. The fourth-order valence-electron chi connectivity index (χ4n) is 1.36. The minimum absolute atomic E-state index is 0.0367. The standard InChI is InChI=1S/C11H21N5O2/c1-4-5-8(17)6-13-10-14-9(12)15-11(16-10)18-7(2)3/h7-8,17H,4-6H2,1-3H3,(H3,12,13,14,15,16). The van der Waals surface area contributed by atoms with Gasteiger partial charge in [0.1, 0.15) is 0 Å². The van der Waals surface area contributed by atoms with Gasteiger partial charge in [0.25, 0.3) is 0 Å². The van der Waals surface area contributed by atoms with Crippen molar-refractivity contribution in [1.29, 1.82) is 0 Å². The lowest BCUT2D eigenvalue weighted by Crippen LogP contribution is -2.21. The fourth-order valence-corrected chi connectivity index (χ4v) is 1.36. The number of anilines is 2. The van der Waals surface area contributed by atoms with Gasteiger partial charge in [0.05, 0.1) is 12.2 Å². The molecule has 0 radical (unpaired) electrons. The summed E-state index contributed by atoms with van der Waals surface area (Å²) in [5.41, 5.74) is 5.56. The lowest BCUT2D eigenvalue weighted by atomic mass is 10.2. The first-order valence-electron chi connectivity index (χ1n) is 6.11. The highest BCUT2D eigenvalue weighted by atomic mass is 16.5. The van der Waals surface area contributed by atoms with Crippen molar-refractivity contribution in [1.82, 2.24) is 15.0 Å². The summed E-state index contributed by atoms with van der Waals surface area (Å²) in [6.45, 7) is 6.13. The van der Waals surface area contributed by atoms with Crippen LogP contribution in [0.1, 0.15) is 33.6 Å². The van der Waals surface area contributed by atoms with Gasteiger partial charge in [-0.15, -0.1) is 0 Å². The number of hydrogen-bond donors (Lipinski definition) is 3. The molecule has 1 unspecified atom stereocenters. The maximum atomic E-state index is 9.60. The molecule has 1 heterocycles. The van der Waals surface area contributed by atoms with E-state index in [0.29, 0.717) is 12.5 Å². The zero-order valence-corrected chi connectivity index (χ0v) is 11.1. The van der Waals surface area contributed by atoms with Gasteiger partial charge < -0.3 is 20.9 Å². The predicted molar refractivity (Wildman–Crippen MR) is 69.4 cm³/mol. The Labute approximate surface area is 107 Å². The number of nitrogens with zero attached hydrogens (tertiary/aromatic N) is 3. The van der Waals surface area contributed by atoms with E-state index in [0.717, 1.165) is 12.8 Å². The maximum absolute atomic E-state index is 9.60. The van der Waals surface area contributed by atoms with Gasteiger partial charge in [-0.3, -0.25) is 0 Å². The first kappa shape index (κ1) is 14.4. The molecule has 1 rings (SSSR count). The molecule has 0 aliphatic heterocycles. The van der Waals surface area contributed by atoms with Gasteiger partial charge in [0, 0.05) is 6.54 Å². The molecule has 0 aliphatic rings. The number of aliphatic hydroxyl groups excluding tert-OH is 1. The minimum Gasteiger partial charge on any atom is -0.461 e. The Bertz CT molecular complexity index is 372. The van der Waals surface area contributed by atoms with Crippen LogP contribution in [0.3, 0.4) is 0 Å². The summed E-state index contributed by atoms with van der Waals surface area (Å²) in [5.74, 6) is 0.404. The third-order valence-corrected chi connectivity index (χ3v) is 2.09. The summed E-state index contributed by atoms with van der Waals surface area (Å²) in [4.78, 5) is 11.9. The molecule has 1 aromatic heterocycles. The Morgan fingerprint density at radius 1 is 1.33 bits per heavy atom. The second kappa shape index (κ2) is 6.95. The van der Waals surface area contributed by atoms with Gasteiger partial charge in [-0.1, -0.05) is 13.3 Å². The Kier molecular flexibility index (Phi) is 5.57. The molecule has 0 aromatic carbocycles. The smallest absolute Gasteiger partial charge is 0.323 e. The van der Waals surface area contributed by atoms with E-state index in [9.17, 15) is 5.11 Å². The van der Waals surface area contributed by atoms with Crippen molar-refractivity contribution in [2.45, 2.75) is 45.8 Å². The first-order chi connectivity index (χ1) is 8.51. The van der Waals surface area contributed by atoms with Crippen molar-refractivity contribution in [2.24, 2.45) is 0 Å². The van der Waals surface area contributed by atoms with Crippen LogP contribution in [-0.2, 0) is 0 Å². The van der Waals surface area contributed by atoms with Crippen LogP contribution in [0, 0.1) is 0 Å². The van der Waals surface area contributed by atoms with Crippen LogP contribution in [0.2, 0.25) is 0 Å². The molecule has 0 saturated carbocycles. The number of nitrogens with one attached hydrogen (secondary N) is 1. The van der Waals surface area contributed by atoms with Crippen LogP contribution in [0.25, 0.3) is 0 Å². The number of nitrogens with two attached hydrogens (primary N) is 1. The van der Waals surface area contributed by atoms with E-state index >= 15 is 0 Å². The summed E-state index contributed by atoms with van der Waals surface area (Å²) in [7, 11) is 0. The number of aromatic nitrogens is 3. The largest absolute Gasteiger partial charge is 0.461 e. The van der Waals surface area contributed by atoms with E-state index < -0.39 is 6.10 Å². The Morgan fingerprint density at radius 3 is 2.67 bits per heavy atom. The zero-order valence-electron chi connectivity index (χ0n) is 11.1. The van der Waals surface area contributed by atoms with Crippen LogP contribution in [-0.4, -0.2) is 38.8 Å². The highest BCUT2D eigenvalue weighted by Gasteiger charge is 2.08. The summed E-state index contributed by atoms with van der Waals surface area (Å²) in [5, 5.41) is 12.5. The van der Waals surface area contributed by atoms with Gasteiger partial charge in [0.2, 0.25) is 11.9 Å². The second-order valence-corrected chi connectivity index (χ2v) is 4.29. The van der Waals surface area contributed by atoms with Crippen LogP contribution in [0.15, 0.2) is 0 Å². The van der Waals surface area contributed by atoms with E-state index in [1.807, 2.05) is 20.8 Å². The first-order valence-corrected chi connectivity index (χ1v) is 6.11. The maximum Gasteiger partial charge on any atom is 0.323 e. The van der Waals surface area contributed by atoms with Crippen LogP contribution in [0.5, 0.6) is 6.01 Å². The molecule has 7 nitrogen and oxygen atoms in total. The molecule has 1 aromatic rings. The van der Waals surface area contributed by atoms with Gasteiger partial charge in [0.15, 0.2) is 0 Å². The lowest BCUT2D eigenvalue weighted by molar-refractivity contribution is 0.176. The van der Waals surface area contributed by atoms with Crippen molar-refractivity contribution < 1.29 is 9.84 Å². The summed E-state index contributed by atoms with van der Waals surface area (Å²) < 4.78 is 5.35. The SMILES string of the molecule is CCCC(O)CNc1nc(N)nc(OC(C)C)n1. The lowest BCUT2D eigenvalue weighted by Gasteiger charge is -2.12. The van der Waals surface area contributed by atoms with E-state index in [-0.39, 0.29) is 18.1 Å². The van der Waals surface area contributed by atoms with Crippen molar-refractivity contribution >= 4 is 11.9 Å². The molecule has 1 atom stereocenters. The third kappa shape index (κ3) is 5.13. The van der Waals surface area contributed by atoms with Crippen LogP contribution < -0.4 is 15.8 Å². The predicted octanol–water partition coefficient (Wildman–Crippen LogP) is 0.814. The fraction of sp³-hybridized carbons (Fsp3) is 0.727. The van der Waals surface area contributed by atoms with Crippen molar-refractivity contribution in [2.75, 3.05) is 17.6 Å². The minimum atomic E-state index is -0.428. The summed E-state index contributed by atoms with van der Waals surface area (Å²) in [6, 6.07) is 0.185. The third-order valence-electron chi connectivity index (χ3n) is 2.09. The molecule has 0 saturated heterocycles. The average molecular weight is 255 g/mol. The second-order valence-electron chi connectivity index (χ2n) is 4.29. The molecular formula is C11H21N5O2. The topological polar surface area (TPSA) is 106 Å². The van der Waals surface area contributed by atoms with Crippen LogP contribution in [0.4, 0.5) is 11.9 Å². The molecule has 7 heteroatoms. The molecular weight excluding hydrogens is 234 g/mol. The number of ether oxygens (including phenoxy) is 1. The number of nitrogen functional groups attached to an aromatic ring is 1. The molecule has 102 valence electrons. The van der Waals surface area contributed by atoms with Crippen molar-refractivity contribution in [3.63, 3.8) is 0 Å². The van der Waals surface area contributed by atoms with Crippen molar-refractivity contribution in [3.05, 3.63) is 0 Å². The van der Waals surface area contributed by atoms with Crippen LogP contribution >= 0.6 is 0 Å². The summed E-state index contributed by atoms with van der Waals surface area (Å²) in [6.07, 6.45) is 1.18. The Balaban J connectivity index is 2.62. The molecule has 0 bridgehead atoms. The normalized spacial score (nSPS) is 12.5. The summed E-state index contributed by atoms with van der Waals surface area (Å²) >= 11 is 0. The van der Waals surface area contributed by atoms with E-state index in [1.165, 1.54) is 0 Å². The number of hydrogen-bond acceptors (Lipinski definition) is 7. The monoisotopic (exact) mass is 255 g/mol. The van der Waals surface area contributed by atoms with Gasteiger partial charge in [-0.2, -0.15) is 15.0 Å². The highest BCUT2D eigenvalue weighted by molar-refractivity contribution is 5.32. The van der Waals surface area contributed by atoms with E-state index in [2.05, 4.69) is 20.3 Å². The molecule has 0 spiro atoms. The Hall–Kier alpha value is -1.63. The molecule has 4 N–H and O–H groups in total. The van der Waals surface area contributed by atoms with Crippen molar-refractivity contribution in [3.8, 4) is 6.01 Å². The van der Waals surface area contributed by atoms with Gasteiger partial charge in [-0.25, -0.2) is 0 Å². The molecule has 18 heavy (non-hydrogen) atoms. The molecule has 0 fully saturated rings. The van der Waals surface area contributed by atoms with E-state index in [1.54, 1.807) is 0 Å². The molecule has 0 aliphatic carbocycles. The molecule has 0 amide bonds. The van der Waals surface area contributed by atoms with Gasteiger partial charge >= 0.3 is 6.01 Å². The van der Waals surface area contributed by atoms with E-state index in [4.69, 9.17) is 10.5 Å². The average Bonchev–Trinajstić information content (AvgIpc) is 2.25. The quantitative estimate of drug-likeness (QED) is 0.662. The Morgan fingerprint density at radius 2 is 2.06 bits per heavy atom. The number of aliphatic hydroxyl groups is 1. The number of rotatable bonds is 7. The zero-order chi connectivity index (χ0) is 13.5.